The van der Waals surface area contributed by atoms with Gasteiger partial charge in [-0.3, -0.25) is 9.59 Å². The smallest absolute Gasteiger partial charge is 0.242 e. The molecule has 0 aliphatic rings. The van der Waals surface area contributed by atoms with Gasteiger partial charge in [0.25, 0.3) is 0 Å². The van der Waals surface area contributed by atoms with Crippen molar-refractivity contribution in [3.8, 4) is 12.3 Å². The topological polar surface area (TPSA) is 75.4 Å². The van der Waals surface area contributed by atoms with E-state index >= 15 is 0 Å². The number of carbonyl (C=O) groups is 2. The van der Waals surface area contributed by atoms with E-state index in [-0.39, 0.29) is 30.8 Å². The Kier molecular flexibility index (Phi) is 6.19. The van der Waals surface area contributed by atoms with Gasteiger partial charge >= 0.3 is 0 Å². The van der Waals surface area contributed by atoms with Gasteiger partial charge in [-0.1, -0.05) is 19.8 Å². The third kappa shape index (κ3) is 4.80. The van der Waals surface area contributed by atoms with Crippen LogP contribution in [0.5, 0.6) is 0 Å². The molecule has 0 radical (unpaired) electrons. The Morgan fingerprint density at radius 3 is 2.50 bits per heavy atom. The molecule has 3 N–H and O–H groups in total. The molecule has 16 heavy (non-hydrogen) atoms. The van der Waals surface area contributed by atoms with Crippen molar-refractivity contribution in [1.29, 1.82) is 0 Å². The van der Waals surface area contributed by atoms with E-state index in [2.05, 4.69) is 11.2 Å². The van der Waals surface area contributed by atoms with E-state index in [1.165, 1.54) is 4.90 Å². The Balaban J connectivity index is 4.02. The van der Waals surface area contributed by atoms with Gasteiger partial charge < -0.3 is 16.0 Å². The summed E-state index contributed by atoms with van der Waals surface area (Å²) in [5.41, 5.74) is 5.61. The lowest BCUT2D eigenvalue weighted by Gasteiger charge is -2.17. The highest BCUT2D eigenvalue weighted by molar-refractivity contribution is 5.87. The molecule has 0 aromatic carbocycles. The molecule has 0 unspecified atom stereocenters. The molecular formula is C11H19N3O2. The highest BCUT2D eigenvalue weighted by Crippen LogP contribution is 1.97. The Hall–Kier alpha value is -1.54. The van der Waals surface area contributed by atoms with E-state index in [9.17, 15) is 9.59 Å². The Labute approximate surface area is 96.4 Å². The molecule has 90 valence electrons. The molecule has 2 amide bonds. The summed E-state index contributed by atoms with van der Waals surface area (Å²) in [5, 5.41) is 2.48. The molecule has 0 fully saturated rings. The summed E-state index contributed by atoms with van der Waals surface area (Å²) in [6.07, 6.45) is 5.06. The highest BCUT2D eigenvalue weighted by Gasteiger charge is 2.18. The van der Waals surface area contributed by atoms with Crippen LogP contribution in [0, 0.1) is 18.3 Å². The third-order valence-corrected chi connectivity index (χ3v) is 2.19. The van der Waals surface area contributed by atoms with Crippen molar-refractivity contribution in [1.82, 2.24) is 10.2 Å². The average molecular weight is 225 g/mol. The molecule has 0 saturated carbocycles. The maximum atomic E-state index is 11.4. The number of nitrogens with one attached hydrogen (secondary N) is 1. The lowest BCUT2D eigenvalue weighted by molar-refractivity contribution is -0.132. The maximum Gasteiger partial charge on any atom is 0.242 e. The van der Waals surface area contributed by atoms with Gasteiger partial charge in [-0.2, -0.15) is 0 Å². The molecule has 0 aromatic rings. The predicted octanol–water partition coefficient (Wildman–Crippen LogP) is -0.822. The Morgan fingerprint density at radius 1 is 1.50 bits per heavy atom. The molecule has 0 bridgehead atoms. The van der Waals surface area contributed by atoms with Crippen LogP contribution in [-0.2, 0) is 9.59 Å². The zero-order chi connectivity index (χ0) is 12.7. The number of hydrogen-bond donors (Lipinski definition) is 2. The second-order valence-electron chi connectivity index (χ2n) is 3.94. The van der Waals surface area contributed by atoms with Crippen molar-refractivity contribution in [2.24, 2.45) is 11.7 Å². The van der Waals surface area contributed by atoms with Gasteiger partial charge in [-0.05, 0) is 5.92 Å². The molecule has 5 nitrogen and oxygen atoms in total. The minimum absolute atomic E-state index is 0.0403. The van der Waals surface area contributed by atoms with E-state index in [0.29, 0.717) is 0 Å². The quantitative estimate of drug-likeness (QED) is 0.600. The predicted molar refractivity (Wildman–Crippen MR) is 62.3 cm³/mol. The first kappa shape index (κ1) is 14.5. The number of amides is 2. The van der Waals surface area contributed by atoms with Crippen molar-refractivity contribution in [3.05, 3.63) is 0 Å². The average Bonchev–Trinajstić information content (AvgIpc) is 2.24. The van der Waals surface area contributed by atoms with Crippen LogP contribution in [-0.4, -0.2) is 42.9 Å². The summed E-state index contributed by atoms with van der Waals surface area (Å²) in [7, 11) is 1.58. The summed E-state index contributed by atoms with van der Waals surface area (Å²) in [5.74, 6) is 1.83. The van der Waals surface area contributed by atoms with Crippen LogP contribution in [0.15, 0.2) is 0 Å². The van der Waals surface area contributed by atoms with E-state index in [1.54, 1.807) is 7.05 Å². The number of nitrogens with two attached hydrogens (primary N) is 1. The van der Waals surface area contributed by atoms with E-state index in [0.717, 1.165) is 0 Å². The van der Waals surface area contributed by atoms with Gasteiger partial charge in [0.05, 0.1) is 19.1 Å². The van der Waals surface area contributed by atoms with Gasteiger partial charge in [-0.15, -0.1) is 6.42 Å². The fourth-order valence-corrected chi connectivity index (χ4v) is 0.943. The monoisotopic (exact) mass is 225 g/mol. The summed E-state index contributed by atoms with van der Waals surface area (Å²) >= 11 is 0. The molecule has 0 saturated heterocycles. The lowest BCUT2D eigenvalue weighted by Crippen LogP contribution is -2.47. The fourth-order valence-electron chi connectivity index (χ4n) is 0.943. The van der Waals surface area contributed by atoms with Crippen LogP contribution < -0.4 is 11.1 Å². The number of hydrogen-bond acceptors (Lipinski definition) is 3. The van der Waals surface area contributed by atoms with Gasteiger partial charge in [0.15, 0.2) is 0 Å². The molecule has 0 spiro atoms. The Morgan fingerprint density at radius 2 is 2.06 bits per heavy atom. The summed E-state index contributed by atoms with van der Waals surface area (Å²) in [6.45, 7) is 3.84. The van der Waals surface area contributed by atoms with E-state index in [4.69, 9.17) is 12.2 Å². The zero-order valence-electron chi connectivity index (χ0n) is 9.99. The van der Waals surface area contributed by atoms with Crippen LogP contribution in [0.1, 0.15) is 13.8 Å². The van der Waals surface area contributed by atoms with Crippen molar-refractivity contribution in [2.45, 2.75) is 19.9 Å². The molecule has 1 atom stereocenters. The van der Waals surface area contributed by atoms with Crippen LogP contribution in [0.25, 0.3) is 0 Å². The zero-order valence-corrected chi connectivity index (χ0v) is 9.99. The second-order valence-corrected chi connectivity index (χ2v) is 3.94. The minimum Gasteiger partial charge on any atom is -0.346 e. The molecule has 0 aliphatic heterocycles. The van der Waals surface area contributed by atoms with Gasteiger partial charge in [-0.25, -0.2) is 0 Å². The first-order valence-electron chi connectivity index (χ1n) is 5.10. The van der Waals surface area contributed by atoms with Gasteiger partial charge in [0.1, 0.15) is 0 Å². The number of nitrogens with zero attached hydrogens (tertiary/aromatic N) is 1. The van der Waals surface area contributed by atoms with Crippen molar-refractivity contribution < 1.29 is 9.59 Å². The summed E-state index contributed by atoms with van der Waals surface area (Å²) < 4.78 is 0. The molecular weight excluding hydrogens is 206 g/mol. The van der Waals surface area contributed by atoms with Gasteiger partial charge in [0.2, 0.25) is 11.8 Å². The molecule has 0 heterocycles. The first-order chi connectivity index (χ1) is 7.40. The molecule has 0 aromatic heterocycles. The number of rotatable bonds is 5. The summed E-state index contributed by atoms with van der Waals surface area (Å²) in [6, 6.07) is -0.592. The SMILES string of the molecule is C#CCN(C)C(=O)CNC(=O)[C@@H](N)C(C)C. The Bertz CT molecular complexity index is 294. The van der Waals surface area contributed by atoms with Crippen molar-refractivity contribution >= 4 is 11.8 Å². The minimum atomic E-state index is -0.592. The van der Waals surface area contributed by atoms with Crippen molar-refractivity contribution in [2.75, 3.05) is 20.1 Å². The van der Waals surface area contributed by atoms with E-state index < -0.39 is 6.04 Å². The third-order valence-electron chi connectivity index (χ3n) is 2.19. The number of likely N-dealkylation sites (N-methyl/N-ethyl adjacent to an activating group) is 1. The van der Waals surface area contributed by atoms with Crippen LogP contribution in [0.2, 0.25) is 0 Å². The summed E-state index contributed by atoms with van der Waals surface area (Å²) in [4.78, 5) is 24.2. The molecule has 0 aliphatic carbocycles. The van der Waals surface area contributed by atoms with Crippen LogP contribution in [0.4, 0.5) is 0 Å². The standard InChI is InChI=1S/C11H19N3O2/c1-5-6-14(4)9(15)7-13-11(16)10(12)8(2)3/h1,8,10H,6-7,12H2,2-4H3,(H,13,16)/t10-/m0/s1. The normalized spacial score (nSPS) is 11.8. The van der Waals surface area contributed by atoms with Crippen molar-refractivity contribution in [3.63, 3.8) is 0 Å². The highest BCUT2D eigenvalue weighted by atomic mass is 16.2. The number of terminal acetylenes is 1. The largest absolute Gasteiger partial charge is 0.346 e. The van der Waals surface area contributed by atoms with Crippen LogP contribution >= 0.6 is 0 Å². The first-order valence-corrected chi connectivity index (χ1v) is 5.10. The molecule has 5 heteroatoms. The van der Waals surface area contributed by atoms with Crippen LogP contribution in [0.3, 0.4) is 0 Å². The second kappa shape index (κ2) is 6.85. The number of carbonyl (C=O) groups excluding carboxylic acids is 2. The lowest BCUT2D eigenvalue weighted by atomic mass is 10.1. The fraction of sp³-hybridized carbons (Fsp3) is 0.636. The maximum absolute atomic E-state index is 11.4. The molecule has 0 rings (SSSR count). The van der Waals surface area contributed by atoms with E-state index in [1.807, 2.05) is 13.8 Å². The van der Waals surface area contributed by atoms with Gasteiger partial charge in [0, 0.05) is 7.05 Å².